The van der Waals surface area contributed by atoms with Gasteiger partial charge in [-0.1, -0.05) is 6.58 Å². The molecule has 2 aromatic carbocycles. The molecular formula is C20H20O7. The average molecular weight is 372 g/mol. The van der Waals surface area contributed by atoms with Crippen LogP contribution in [0, 0.1) is 0 Å². The molecule has 2 aromatic rings. The zero-order valence-electron chi connectivity index (χ0n) is 15.0. The zero-order valence-corrected chi connectivity index (χ0v) is 15.0. The first-order valence-corrected chi connectivity index (χ1v) is 8.03. The highest BCUT2D eigenvalue weighted by Crippen LogP contribution is 2.30. The number of ether oxygens (including phenoxy) is 3. The minimum atomic E-state index is -0.547. The number of phenols is 2. The molecular weight excluding hydrogens is 352 g/mol. The molecule has 27 heavy (non-hydrogen) atoms. The maximum Gasteiger partial charge on any atom is 0.333 e. The lowest BCUT2D eigenvalue weighted by Gasteiger charge is -2.10. The normalized spacial score (nSPS) is 10.1. The third-order valence-corrected chi connectivity index (χ3v) is 3.60. The largest absolute Gasteiger partial charge is 0.507 e. The minimum absolute atomic E-state index is 0.0107. The fraction of sp³-hybridized carbons (Fsp3) is 0.200. The van der Waals surface area contributed by atoms with Gasteiger partial charge in [-0.2, -0.15) is 0 Å². The maximum atomic E-state index is 12.5. The van der Waals surface area contributed by atoms with Crippen molar-refractivity contribution in [3.05, 3.63) is 59.7 Å². The van der Waals surface area contributed by atoms with Gasteiger partial charge in [-0.3, -0.25) is 4.79 Å². The monoisotopic (exact) mass is 372 g/mol. The highest BCUT2D eigenvalue weighted by Gasteiger charge is 2.18. The number of ketones is 1. The molecule has 0 radical (unpaired) electrons. The van der Waals surface area contributed by atoms with E-state index in [0.29, 0.717) is 11.5 Å². The van der Waals surface area contributed by atoms with Crippen LogP contribution >= 0.6 is 0 Å². The second-order valence-corrected chi connectivity index (χ2v) is 5.66. The molecule has 0 spiro atoms. The van der Waals surface area contributed by atoms with E-state index < -0.39 is 11.8 Å². The van der Waals surface area contributed by atoms with Gasteiger partial charge < -0.3 is 24.4 Å². The topological polar surface area (TPSA) is 102 Å². The molecule has 0 fully saturated rings. The van der Waals surface area contributed by atoms with Crippen LogP contribution in [0.1, 0.15) is 22.8 Å². The Morgan fingerprint density at radius 1 is 0.963 bits per heavy atom. The van der Waals surface area contributed by atoms with E-state index in [9.17, 15) is 19.8 Å². The minimum Gasteiger partial charge on any atom is -0.507 e. The van der Waals surface area contributed by atoms with Crippen LogP contribution in [-0.4, -0.2) is 42.3 Å². The van der Waals surface area contributed by atoms with Gasteiger partial charge in [0, 0.05) is 17.7 Å². The van der Waals surface area contributed by atoms with Gasteiger partial charge in [-0.25, -0.2) is 4.79 Å². The van der Waals surface area contributed by atoms with E-state index in [4.69, 9.17) is 14.2 Å². The number of esters is 1. The molecule has 0 amide bonds. The first-order chi connectivity index (χ1) is 12.8. The van der Waals surface area contributed by atoms with Crippen LogP contribution in [-0.2, 0) is 9.53 Å². The maximum absolute atomic E-state index is 12.5. The lowest BCUT2D eigenvalue weighted by molar-refractivity contribution is -0.139. The molecule has 0 unspecified atom stereocenters. The Hall–Kier alpha value is -3.48. The predicted octanol–water partition coefficient (Wildman–Crippen LogP) is 2.84. The zero-order chi connectivity index (χ0) is 20.0. The molecule has 0 atom stereocenters. The highest BCUT2D eigenvalue weighted by molar-refractivity contribution is 6.12. The Labute approximate surface area is 156 Å². The summed E-state index contributed by atoms with van der Waals surface area (Å²) in [5.74, 6) is -0.903. The summed E-state index contributed by atoms with van der Waals surface area (Å²) in [4.78, 5) is 23.8. The van der Waals surface area contributed by atoms with Crippen molar-refractivity contribution in [2.45, 2.75) is 6.92 Å². The summed E-state index contributed by atoms with van der Waals surface area (Å²) < 4.78 is 15.2. The Bertz CT molecular complexity index is 871. The van der Waals surface area contributed by atoms with Crippen molar-refractivity contribution in [3.8, 4) is 23.0 Å². The third-order valence-electron chi connectivity index (χ3n) is 3.60. The molecule has 0 saturated carbocycles. The number of rotatable bonds is 8. The summed E-state index contributed by atoms with van der Waals surface area (Å²) >= 11 is 0. The Kier molecular flexibility index (Phi) is 6.43. The van der Waals surface area contributed by atoms with E-state index in [1.807, 2.05) is 0 Å². The van der Waals surface area contributed by atoms with Gasteiger partial charge in [0.1, 0.15) is 36.2 Å². The average Bonchev–Trinajstić information content (AvgIpc) is 2.64. The highest BCUT2D eigenvalue weighted by atomic mass is 16.6. The Morgan fingerprint density at radius 3 is 2.04 bits per heavy atom. The number of carbonyl (C=O) groups excluding carboxylic acids is 2. The van der Waals surface area contributed by atoms with E-state index in [2.05, 4.69) is 6.58 Å². The van der Waals surface area contributed by atoms with Crippen LogP contribution in [0.25, 0.3) is 0 Å². The summed E-state index contributed by atoms with van der Waals surface area (Å²) in [5.41, 5.74) is 0.334. The molecule has 0 aliphatic heterocycles. The van der Waals surface area contributed by atoms with Crippen molar-refractivity contribution in [2.75, 3.05) is 20.3 Å². The number of hydrogen-bond acceptors (Lipinski definition) is 7. The number of hydrogen-bond donors (Lipinski definition) is 2. The lowest BCUT2D eigenvalue weighted by atomic mass is 10.0. The van der Waals surface area contributed by atoms with Gasteiger partial charge in [0.05, 0.1) is 18.2 Å². The van der Waals surface area contributed by atoms with Crippen molar-refractivity contribution in [3.63, 3.8) is 0 Å². The molecule has 2 N–H and O–H groups in total. The van der Waals surface area contributed by atoms with E-state index in [1.54, 1.807) is 0 Å². The van der Waals surface area contributed by atoms with E-state index in [0.717, 1.165) is 0 Å². The van der Waals surface area contributed by atoms with Crippen LogP contribution in [0.2, 0.25) is 0 Å². The molecule has 2 rings (SSSR count). The molecule has 7 nitrogen and oxygen atoms in total. The quantitative estimate of drug-likeness (QED) is 0.318. The first kappa shape index (κ1) is 19.8. The smallest absolute Gasteiger partial charge is 0.333 e. The van der Waals surface area contributed by atoms with Crippen LogP contribution in [0.4, 0.5) is 0 Å². The second-order valence-electron chi connectivity index (χ2n) is 5.66. The van der Waals surface area contributed by atoms with Crippen LogP contribution in [0.15, 0.2) is 48.6 Å². The van der Waals surface area contributed by atoms with Crippen molar-refractivity contribution >= 4 is 11.8 Å². The lowest BCUT2D eigenvalue weighted by Crippen LogP contribution is -2.12. The number of aromatic hydroxyl groups is 2. The van der Waals surface area contributed by atoms with Gasteiger partial charge in [-0.15, -0.1) is 0 Å². The van der Waals surface area contributed by atoms with Gasteiger partial charge in [-0.05, 0) is 31.2 Å². The number of phenolic OH excluding ortho intramolecular Hbond substituents is 2. The summed E-state index contributed by atoms with van der Waals surface area (Å²) in [6.07, 6.45) is 0. The number of carbonyl (C=O) groups is 2. The molecule has 0 aliphatic carbocycles. The number of methoxy groups -OCH3 is 1. The number of benzene rings is 2. The predicted molar refractivity (Wildman–Crippen MR) is 97.5 cm³/mol. The molecule has 7 heteroatoms. The fourth-order valence-corrected chi connectivity index (χ4v) is 2.19. The summed E-state index contributed by atoms with van der Waals surface area (Å²) in [6, 6.07) is 8.41. The Balaban J connectivity index is 2.04. The van der Waals surface area contributed by atoms with E-state index in [1.165, 1.54) is 50.4 Å². The van der Waals surface area contributed by atoms with E-state index >= 15 is 0 Å². The molecule has 142 valence electrons. The molecule has 0 saturated heterocycles. The van der Waals surface area contributed by atoms with Gasteiger partial charge in [0.15, 0.2) is 5.78 Å². The van der Waals surface area contributed by atoms with Crippen molar-refractivity contribution in [1.82, 2.24) is 0 Å². The third kappa shape index (κ3) is 5.01. The van der Waals surface area contributed by atoms with Crippen LogP contribution < -0.4 is 9.47 Å². The molecule has 0 bridgehead atoms. The van der Waals surface area contributed by atoms with Crippen LogP contribution in [0.3, 0.4) is 0 Å². The van der Waals surface area contributed by atoms with Gasteiger partial charge in [0.2, 0.25) is 0 Å². The summed E-state index contributed by atoms with van der Waals surface area (Å²) in [7, 11) is 1.44. The standard InChI is InChI=1S/C20H20O7/c1-12(2)20(24)27-9-8-26-14-5-7-16(18(22)11-14)19(23)15-6-4-13(25-3)10-17(15)21/h4-7,10-11,21-22H,1,8-9H2,2-3H3. The van der Waals surface area contributed by atoms with Crippen molar-refractivity contribution in [1.29, 1.82) is 0 Å². The summed E-state index contributed by atoms with van der Waals surface area (Å²) in [5, 5.41) is 20.1. The van der Waals surface area contributed by atoms with Crippen molar-refractivity contribution in [2.24, 2.45) is 0 Å². The first-order valence-electron chi connectivity index (χ1n) is 8.03. The van der Waals surface area contributed by atoms with Gasteiger partial charge in [0.25, 0.3) is 0 Å². The molecule has 0 aliphatic rings. The fourth-order valence-electron chi connectivity index (χ4n) is 2.19. The van der Waals surface area contributed by atoms with Crippen molar-refractivity contribution < 1.29 is 34.0 Å². The SMILES string of the molecule is C=C(C)C(=O)OCCOc1ccc(C(=O)c2ccc(OC)cc2O)c(O)c1. The summed E-state index contributed by atoms with van der Waals surface area (Å²) in [6.45, 7) is 5.10. The second kappa shape index (κ2) is 8.75. The molecule has 0 heterocycles. The Morgan fingerprint density at radius 2 is 1.52 bits per heavy atom. The molecule has 0 aromatic heterocycles. The van der Waals surface area contributed by atoms with E-state index in [-0.39, 0.29) is 41.4 Å². The van der Waals surface area contributed by atoms with Crippen LogP contribution in [0.5, 0.6) is 23.0 Å². The van der Waals surface area contributed by atoms with Gasteiger partial charge >= 0.3 is 5.97 Å².